The summed E-state index contributed by atoms with van der Waals surface area (Å²) in [6, 6.07) is 0. The Bertz CT molecular complexity index is 461. The van der Waals surface area contributed by atoms with Gasteiger partial charge in [-0.2, -0.15) is 0 Å². The quantitative estimate of drug-likeness (QED) is 0.450. The number of carbonyl (C=O) groups is 2. The topological polar surface area (TPSA) is 43.4 Å². The standard InChI is InChI=1S/C17H24O3/c1-12-5-4-6-14(10-18)9-16-15(8-7-12)17(16,3)11-20-13(2)19/h5,9-10,15-16H,4,6-8,11H2,1-3H3/b12-5+,14-9+/t15-,16-,17+/m1/s1. The van der Waals surface area contributed by atoms with Crippen LogP contribution >= 0.6 is 0 Å². The van der Waals surface area contributed by atoms with Crippen LogP contribution in [-0.2, 0) is 14.3 Å². The fraction of sp³-hybridized carbons (Fsp3) is 0.647. The molecule has 2 aliphatic carbocycles. The van der Waals surface area contributed by atoms with Crippen LogP contribution < -0.4 is 0 Å². The Morgan fingerprint density at radius 3 is 2.90 bits per heavy atom. The third kappa shape index (κ3) is 3.20. The van der Waals surface area contributed by atoms with Crippen molar-refractivity contribution in [2.45, 2.75) is 46.5 Å². The minimum absolute atomic E-state index is 0.00451. The summed E-state index contributed by atoms with van der Waals surface area (Å²) in [4.78, 5) is 22.2. The van der Waals surface area contributed by atoms with Gasteiger partial charge in [0.15, 0.2) is 0 Å². The van der Waals surface area contributed by atoms with E-state index in [0.717, 1.165) is 37.5 Å². The zero-order valence-corrected chi connectivity index (χ0v) is 12.6. The van der Waals surface area contributed by atoms with Crippen LogP contribution in [-0.4, -0.2) is 18.9 Å². The van der Waals surface area contributed by atoms with E-state index in [1.807, 2.05) is 0 Å². The van der Waals surface area contributed by atoms with E-state index in [1.165, 1.54) is 12.5 Å². The lowest BCUT2D eigenvalue weighted by Crippen LogP contribution is -2.13. The molecule has 0 aliphatic heterocycles. The fourth-order valence-electron chi connectivity index (χ4n) is 3.36. The first-order valence-electron chi connectivity index (χ1n) is 7.42. The van der Waals surface area contributed by atoms with Gasteiger partial charge in [0.25, 0.3) is 0 Å². The fourth-order valence-corrected chi connectivity index (χ4v) is 3.36. The molecule has 0 spiro atoms. The highest BCUT2D eigenvalue weighted by Gasteiger charge is 2.59. The summed E-state index contributed by atoms with van der Waals surface area (Å²) in [5.41, 5.74) is 2.29. The molecule has 0 saturated heterocycles. The van der Waals surface area contributed by atoms with Gasteiger partial charge in [-0.1, -0.05) is 24.6 Å². The van der Waals surface area contributed by atoms with E-state index in [-0.39, 0.29) is 11.4 Å². The molecule has 0 radical (unpaired) electrons. The molecule has 0 heterocycles. The number of hydrogen-bond acceptors (Lipinski definition) is 3. The Hall–Kier alpha value is -1.38. The average molecular weight is 276 g/mol. The summed E-state index contributed by atoms with van der Waals surface area (Å²) in [7, 11) is 0. The van der Waals surface area contributed by atoms with Crippen molar-refractivity contribution in [3.05, 3.63) is 23.3 Å². The predicted molar refractivity (Wildman–Crippen MR) is 78.1 cm³/mol. The smallest absolute Gasteiger partial charge is 0.302 e. The number of esters is 1. The zero-order chi connectivity index (χ0) is 14.8. The SMILES string of the molecule is CC(=O)OC[C@]1(C)[C@@H]2/C=C(/C=O)CC/C=C(\C)CC[C@H]21. The molecule has 1 saturated carbocycles. The van der Waals surface area contributed by atoms with Gasteiger partial charge >= 0.3 is 5.97 Å². The molecule has 3 atom stereocenters. The highest BCUT2D eigenvalue weighted by atomic mass is 16.5. The Balaban J connectivity index is 2.15. The zero-order valence-electron chi connectivity index (χ0n) is 12.6. The summed E-state index contributed by atoms with van der Waals surface area (Å²) in [5.74, 6) is 0.654. The minimum Gasteiger partial charge on any atom is -0.465 e. The second-order valence-corrected chi connectivity index (χ2v) is 6.41. The first kappa shape index (κ1) is 15.0. The molecule has 3 nitrogen and oxygen atoms in total. The molecule has 110 valence electrons. The molecule has 2 rings (SSSR count). The van der Waals surface area contributed by atoms with Crippen LogP contribution in [0.25, 0.3) is 0 Å². The Kier molecular flexibility index (Phi) is 4.46. The van der Waals surface area contributed by atoms with Crippen molar-refractivity contribution in [3.8, 4) is 0 Å². The van der Waals surface area contributed by atoms with E-state index >= 15 is 0 Å². The minimum atomic E-state index is -0.226. The monoisotopic (exact) mass is 276 g/mol. The van der Waals surface area contributed by atoms with E-state index in [1.54, 1.807) is 0 Å². The molecule has 2 aliphatic rings. The second-order valence-electron chi connectivity index (χ2n) is 6.41. The lowest BCUT2D eigenvalue weighted by molar-refractivity contribution is -0.142. The van der Waals surface area contributed by atoms with Crippen molar-refractivity contribution in [2.24, 2.45) is 17.3 Å². The van der Waals surface area contributed by atoms with Gasteiger partial charge in [0.05, 0.1) is 6.61 Å². The summed E-state index contributed by atoms with van der Waals surface area (Å²) < 4.78 is 5.23. The molecular formula is C17H24O3. The van der Waals surface area contributed by atoms with E-state index in [2.05, 4.69) is 26.0 Å². The molecule has 0 aromatic carbocycles. The molecule has 20 heavy (non-hydrogen) atoms. The van der Waals surface area contributed by atoms with Crippen LogP contribution in [0.1, 0.15) is 46.5 Å². The second kappa shape index (κ2) is 5.94. The van der Waals surface area contributed by atoms with Crippen molar-refractivity contribution >= 4 is 12.3 Å². The van der Waals surface area contributed by atoms with Crippen LogP contribution in [0.2, 0.25) is 0 Å². The summed E-state index contributed by atoms with van der Waals surface area (Å²) >= 11 is 0. The third-order valence-electron chi connectivity index (χ3n) is 4.84. The molecule has 0 N–H and O–H groups in total. The lowest BCUT2D eigenvalue weighted by atomic mass is 10.0. The Labute approximate surface area is 121 Å². The predicted octanol–water partition coefficient (Wildman–Crippen LogP) is 3.45. The van der Waals surface area contributed by atoms with E-state index in [0.29, 0.717) is 18.4 Å². The number of ether oxygens (including phenoxy) is 1. The molecule has 0 unspecified atom stereocenters. The number of allylic oxidation sites excluding steroid dienone is 4. The first-order valence-corrected chi connectivity index (χ1v) is 7.42. The highest BCUT2D eigenvalue weighted by molar-refractivity contribution is 5.73. The Morgan fingerprint density at radius 2 is 2.25 bits per heavy atom. The van der Waals surface area contributed by atoms with Gasteiger partial charge in [-0.05, 0) is 50.0 Å². The van der Waals surface area contributed by atoms with Gasteiger partial charge in [0, 0.05) is 12.3 Å². The molecule has 0 aromatic rings. The van der Waals surface area contributed by atoms with Gasteiger partial charge in [0.1, 0.15) is 6.29 Å². The number of hydrogen-bond donors (Lipinski definition) is 0. The molecule has 1 fully saturated rings. The normalized spacial score (nSPS) is 38.5. The van der Waals surface area contributed by atoms with Crippen LogP contribution in [0, 0.1) is 17.3 Å². The molecule has 3 heteroatoms. The summed E-state index contributed by atoms with van der Waals surface area (Å²) in [6.07, 6.45) is 9.29. The highest BCUT2D eigenvalue weighted by Crippen LogP contribution is 2.62. The van der Waals surface area contributed by atoms with Gasteiger partial charge < -0.3 is 4.74 Å². The maximum absolute atomic E-state index is 11.2. The van der Waals surface area contributed by atoms with Crippen molar-refractivity contribution < 1.29 is 14.3 Å². The Morgan fingerprint density at radius 1 is 1.50 bits per heavy atom. The van der Waals surface area contributed by atoms with Gasteiger partial charge in [0.2, 0.25) is 0 Å². The summed E-state index contributed by atoms with van der Waals surface area (Å²) in [5, 5.41) is 0. The van der Waals surface area contributed by atoms with Crippen molar-refractivity contribution in [3.63, 3.8) is 0 Å². The largest absolute Gasteiger partial charge is 0.465 e. The van der Waals surface area contributed by atoms with E-state index < -0.39 is 0 Å². The van der Waals surface area contributed by atoms with E-state index in [9.17, 15) is 9.59 Å². The average Bonchev–Trinajstić information content (AvgIpc) is 2.97. The molecular weight excluding hydrogens is 252 g/mol. The van der Waals surface area contributed by atoms with Crippen molar-refractivity contribution in [1.82, 2.24) is 0 Å². The van der Waals surface area contributed by atoms with Crippen LogP contribution in [0.3, 0.4) is 0 Å². The maximum Gasteiger partial charge on any atom is 0.302 e. The van der Waals surface area contributed by atoms with Gasteiger partial charge in [-0.25, -0.2) is 0 Å². The van der Waals surface area contributed by atoms with Gasteiger partial charge in [-0.15, -0.1) is 0 Å². The van der Waals surface area contributed by atoms with Crippen LogP contribution in [0.5, 0.6) is 0 Å². The first-order chi connectivity index (χ1) is 9.47. The maximum atomic E-state index is 11.2. The number of rotatable bonds is 3. The van der Waals surface area contributed by atoms with Crippen LogP contribution in [0.4, 0.5) is 0 Å². The summed E-state index contributed by atoms with van der Waals surface area (Å²) in [6.45, 7) is 6.24. The third-order valence-corrected chi connectivity index (χ3v) is 4.84. The molecule has 0 aromatic heterocycles. The van der Waals surface area contributed by atoms with Crippen LogP contribution in [0.15, 0.2) is 23.3 Å². The van der Waals surface area contributed by atoms with E-state index in [4.69, 9.17) is 4.74 Å². The number of aldehydes is 1. The molecule has 0 amide bonds. The van der Waals surface area contributed by atoms with Gasteiger partial charge in [-0.3, -0.25) is 9.59 Å². The lowest BCUT2D eigenvalue weighted by Gasteiger charge is -2.11. The number of carbonyl (C=O) groups excluding carboxylic acids is 2. The molecule has 0 bridgehead atoms. The number of fused-ring (bicyclic) bond motifs is 1. The van der Waals surface area contributed by atoms with Crippen molar-refractivity contribution in [2.75, 3.05) is 6.61 Å². The van der Waals surface area contributed by atoms with Crippen molar-refractivity contribution in [1.29, 1.82) is 0 Å².